The van der Waals surface area contributed by atoms with Crippen molar-refractivity contribution in [3.05, 3.63) is 68.8 Å². The van der Waals surface area contributed by atoms with Crippen molar-refractivity contribution < 1.29 is 0 Å². The van der Waals surface area contributed by atoms with Gasteiger partial charge in [-0.2, -0.15) is 21.0 Å². The third-order valence-electron chi connectivity index (χ3n) is 3.97. The van der Waals surface area contributed by atoms with E-state index in [1.54, 1.807) is 24.3 Å². The maximum Gasteiger partial charge on any atom is 0.101 e. The maximum atomic E-state index is 9.16. The third-order valence-corrected chi connectivity index (χ3v) is 4.44. The lowest BCUT2D eigenvalue weighted by atomic mass is 9.82. The molecule has 0 aromatic heterocycles. The Kier molecular flexibility index (Phi) is 3.48. The zero-order valence-electron chi connectivity index (χ0n) is 11.8. The normalized spacial score (nSPS) is 12.0. The summed E-state index contributed by atoms with van der Waals surface area (Å²) in [4.78, 5) is 0. The molecule has 0 aliphatic heterocycles. The lowest BCUT2D eigenvalue weighted by molar-refractivity contribution is 0.969. The number of fused-ring (bicyclic) bond motifs is 2. The summed E-state index contributed by atoms with van der Waals surface area (Å²) in [5.41, 5.74) is 4.46. The van der Waals surface area contributed by atoms with Gasteiger partial charge < -0.3 is 0 Å². The highest BCUT2D eigenvalue weighted by Gasteiger charge is 2.27. The fraction of sp³-hybridized carbons (Fsp3) is 0.111. The average molecular weight is 315 g/mol. The molecule has 1 aliphatic carbocycles. The minimum atomic E-state index is -0.520. The molecule has 0 N–H and O–H groups in total. The molecule has 1 aliphatic rings. The van der Waals surface area contributed by atoms with Crippen LogP contribution in [0.2, 0.25) is 0 Å². The first-order valence-corrected chi connectivity index (χ1v) is 7.14. The van der Waals surface area contributed by atoms with Crippen molar-refractivity contribution >= 4 is 11.6 Å². The van der Waals surface area contributed by atoms with Gasteiger partial charge in [-0.05, 0) is 52.9 Å². The molecule has 0 atom stereocenters. The molecule has 0 spiro atoms. The number of rotatable bonds is 0. The summed E-state index contributed by atoms with van der Waals surface area (Å²) in [5, 5.41) is 36.1. The number of nitrogens with zero attached hydrogens (tertiary/aromatic N) is 4. The second kappa shape index (κ2) is 5.47. The van der Waals surface area contributed by atoms with Gasteiger partial charge in [0.15, 0.2) is 0 Å². The van der Waals surface area contributed by atoms with E-state index in [-0.39, 0.29) is 11.1 Å². The molecule has 0 bridgehead atoms. The molecule has 0 saturated heterocycles. The van der Waals surface area contributed by atoms with Crippen molar-refractivity contribution in [2.24, 2.45) is 0 Å². The Hall–Kier alpha value is -3.31. The number of hydrogen-bond donors (Lipinski definition) is 0. The van der Waals surface area contributed by atoms with Crippen molar-refractivity contribution in [2.45, 2.75) is 11.8 Å². The van der Waals surface area contributed by atoms with Crippen LogP contribution in [-0.2, 0) is 6.42 Å². The average Bonchev–Trinajstić information content (AvgIpc) is 2.59. The van der Waals surface area contributed by atoms with Crippen LogP contribution in [0.3, 0.4) is 0 Å². The monoisotopic (exact) mass is 314 g/mol. The fourth-order valence-corrected chi connectivity index (χ4v) is 3.25. The lowest BCUT2D eigenvalue weighted by Gasteiger charge is -2.25. The van der Waals surface area contributed by atoms with E-state index in [0.29, 0.717) is 17.5 Å². The number of hydrogen-bond acceptors (Lipinski definition) is 4. The van der Waals surface area contributed by atoms with Gasteiger partial charge in [0.05, 0.1) is 27.6 Å². The van der Waals surface area contributed by atoms with Gasteiger partial charge in [0.1, 0.15) is 24.3 Å². The molecule has 0 heterocycles. The SMILES string of the molecule is N#Cc1cc2c(cc1C#N)C(Cl)c1cc(C#N)c(C#N)cc1C2. The second-order valence-corrected chi connectivity index (χ2v) is 5.62. The first-order chi connectivity index (χ1) is 11.1. The van der Waals surface area contributed by atoms with E-state index in [0.717, 1.165) is 22.3 Å². The second-order valence-electron chi connectivity index (χ2n) is 5.18. The van der Waals surface area contributed by atoms with E-state index in [1.165, 1.54) is 0 Å². The molecule has 0 unspecified atom stereocenters. The minimum absolute atomic E-state index is 0.287. The molecule has 0 amide bonds. The van der Waals surface area contributed by atoms with Crippen molar-refractivity contribution in [1.29, 1.82) is 21.0 Å². The Morgan fingerprint density at radius 3 is 1.39 bits per heavy atom. The van der Waals surface area contributed by atoms with Gasteiger partial charge in [-0.3, -0.25) is 0 Å². The van der Waals surface area contributed by atoms with E-state index in [9.17, 15) is 0 Å². The van der Waals surface area contributed by atoms with Crippen molar-refractivity contribution in [3.63, 3.8) is 0 Å². The van der Waals surface area contributed by atoms with Gasteiger partial charge in [0, 0.05) is 0 Å². The molecule has 0 fully saturated rings. The Labute approximate surface area is 138 Å². The number of nitriles is 4. The van der Waals surface area contributed by atoms with Gasteiger partial charge in [0.2, 0.25) is 0 Å². The molecule has 106 valence electrons. The van der Waals surface area contributed by atoms with Crippen LogP contribution in [0, 0.1) is 45.3 Å². The number of alkyl halides is 1. The topological polar surface area (TPSA) is 95.2 Å². The predicted molar refractivity (Wildman–Crippen MR) is 82.2 cm³/mol. The van der Waals surface area contributed by atoms with Gasteiger partial charge in [-0.1, -0.05) is 0 Å². The first-order valence-electron chi connectivity index (χ1n) is 6.71. The zero-order chi connectivity index (χ0) is 16.6. The maximum absolute atomic E-state index is 9.16. The standard InChI is InChI=1S/C18H7ClN4/c19-18-16-4-14(8-22)12(6-20)2-10(16)1-11-3-13(7-21)15(9-23)5-17(11)18/h2-5,18H,1H2. The van der Waals surface area contributed by atoms with Crippen LogP contribution < -0.4 is 0 Å². The summed E-state index contributed by atoms with van der Waals surface area (Å²) >= 11 is 6.54. The number of halogens is 1. The Bertz CT molecular complexity index is 928. The van der Waals surface area contributed by atoms with E-state index >= 15 is 0 Å². The fourth-order valence-electron chi connectivity index (χ4n) is 2.84. The van der Waals surface area contributed by atoms with Gasteiger partial charge >= 0.3 is 0 Å². The van der Waals surface area contributed by atoms with Crippen LogP contribution in [0.1, 0.15) is 49.9 Å². The van der Waals surface area contributed by atoms with Crippen LogP contribution in [0.15, 0.2) is 24.3 Å². The summed E-state index contributed by atoms with van der Waals surface area (Å²) in [7, 11) is 0. The first kappa shape index (κ1) is 14.6. The number of benzene rings is 2. The minimum Gasteiger partial charge on any atom is -0.192 e. The molecule has 0 saturated carbocycles. The molecular formula is C18H7ClN4. The van der Waals surface area contributed by atoms with Crippen LogP contribution in [0.5, 0.6) is 0 Å². The van der Waals surface area contributed by atoms with E-state index in [1.807, 2.05) is 24.3 Å². The van der Waals surface area contributed by atoms with Gasteiger partial charge in [0.25, 0.3) is 0 Å². The Morgan fingerprint density at radius 2 is 1.04 bits per heavy atom. The lowest BCUT2D eigenvalue weighted by Crippen LogP contribution is -2.12. The molecular weight excluding hydrogens is 308 g/mol. The van der Waals surface area contributed by atoms with Crippen LogP contribution in [0.25, 0.3) is 0 Å². The molecule has 4 nitrogen and oxygen atoms in total. The summed E-state index contributed by atoms with van der Waals surface area (Å²) in [6.07, 6.45) is 0.509. The quantitative estimate of drug-likeness (QED) is 0.696. The van der Waals surface area contributed by atoms with Gasteiger partial charge in [-0.15, -0.1) is 11.6 Å². The Morgan fingerprint density at radius 1 is 0.696 bits per heavy atom. The van der Waals surface area contributed by atoms with Crippen molar-refractivity contribution in [1.82, 2.24) is 0 Å². The third kappa shape index (κ3) is 2.20. The molecule has 2 aromatic carbocycles. The largest absolute Gasteiger partial charge is 0.192 e. The summed E-state index contributed by atoms with van der Waals surface area (Å²) in [6, 6.07) is 14.7. The highest BCUT2D eigenvalue weighted by Crippen LogP contribution is 2.41. The molecule has 2 aromatic rings. The highest BCUT2D eigenvalue weighted by molar-refractivity contribution is 6.23. The van der Waals surface area contributed by atoms with E-state index < -0.39 is 5.38 Å². The van der Waals surface area contributed by atoms with Crippen LogP contribution >= 0.6 is 11.6 Å². The van der Waals surface area contributed by atoms with Crippen molar-refractivity contribution in [3.8, 4) is 24.3 Å². The highest BCUT2D eigenvalue weighted by atomic mass is 35.5. The molecule has 5 heteroatoms. The van der Waals surface area contributed by atoms with Crippen molar-refractivity contribution in [2.75, 3.05) is 0 Å². The summed E-state index contributed by atoms with van der Waals surface area (Å²) in [5.74, 6) is 0. The molecule has 3 rings (SSSR count). The summed E-state index contributed by atoms with van der Waals surface area (Å²) < 4.78 is 0. The summed E-state index contributed by atoms with van der Waals surface area (Å²) in [6.45, 7) is 0. The smallest absolute Gasteiger partial charge is 0.101 e. The van der Waals surface area contributed by atoms with Gasteiger partial charge in [-0.25, -0.2) is 0 Å². The van der Waals surface area contributed by atoms with Crippen LogP contribution in [0.4, 0.5) is 0 Å². The zero-order valence-corrected chi connectivity index (χ0v) is 12.5. The molecule has 0 radical (unpaired) electrons. The van der Waals surface area contributed by atoms with E-state index in [4.69, 9.17) is 32.6 Å². The van der Waals surface area contributed by atoms with E-state index in [2.05, 4.69) is 0 Å². The Balaban J connectivity index is 2.23. The molecule has 23 heavy (non-hydrogen) atoms. The predicted octanol–water partition coefficient (Wildman–Crippen LogP) is 3.41. The van der Waals surface area contributed by atoms with Crippen LogP contribution in [-0.4, -0.2) is 0 Å².